The van der Waals surface area contributed by atoms with Gasteiger partial charge in [-0.15, -0.1) is 0 Å². The number of ether oxygens (including phenoxy) is 1. The van der Waals surface area contributed by atoms with Crippen molar-refractivity contribution in [1.29, 1.82) is 5.26 Å². The molecule has 0 aliphatic rings. The van der Waals surface area contributed by atoms with Crippen LogP contribution in [0.2, 0.25) is 28.2 Å². The van der Waals surface area contributed by atoms with Crippen molar-refractivity contribution in [3.05, 3.63) is 63.1 Å². The summed E-state index contributed by atoms with van der Waals surface area (Å²) in [5.41, 5.74) is 1.49. The average molecular weight is 566 g/mol. The van der Waals surface area contributed by atoms with Crippen LogP contribution in [-0.4, -0.2) is 45.7 Å². The predicted octanol–water partition coefficient (Wildman–Crippen LogP) is 6.80. The molecule has 2 unspecified atom stereocenters. The molecule has 0 bridgehead atoms. The van der Waals surface area contributed by atoms with E-state index in [2.05, 4.69) is 45.3 Å². The number of carbonyl (C=O) groups is 1. The third kappa shape index (κ3) is 8.73. The van der Waals surface area contributed by atoms with Crippen LogP contribution in [0.1, 0.15) is 61.5 Å². The first-order chi connectivity index (χ1) is 17.3. The highest BCUT2D eigenvalue weighted by atomic mass is 35.5. The van der Waals surface area contributed by atoms with Crippen LogP contribution in [0.5, 0.6) is 5.75 Å². The maximum absolute atomic E-state index is 13.2. The van der Waals surface area contributed by atoms with Crippen molar-refractivity contribution < 1.29 is 19.1 Å². The summed E-state index contributed by atoms with van der Waals surface area (Å²) < 4.78 is 12.2. The maximum Gasteiger partial charge on any atom is 0.255 e. The normalized spacial score (nSPS) is 13.5. The molecule has 2 N–H and O–H groups in total. The molecule has 2 rings (SSSR count). The minimum Gasteiger partial charge on any atom is -0.491 e. The van der Waals surface area contributed by atoms with Crippen molar-refractivity contribution in [3.63, 3.8) is 0 Å². The number of nitrogens with one attached hydrogen (secondary N) is 1. The number of carbonyl (C=O) groups excluding carboxylic acids is 1. The molecule has 0 aliphatic carbocycles. The number of para-hydroxylation sites is 1. The third-order valence-electron chi connectivity index (χ3n) is 6.86. The second-order valence-corrected chi connectivity index (χ2v) is 16.5. The number of rotatable bonds is 12. The molecule has 2 aromatic rings. The smallest absolute Gasteiger partial charge is 0.255 e. The molecule has 6 nitrogen and oxygen atoms in total. The van der Waals surface area contributed by atoms with Crippen molar-refractivity contribution in [2.75, 3.05) is 26.4 Å². The number of nitrogens with zero attached hydrogens (tertiary/aromatic N) is 1. The van der Waals surface area contributed by atoms with Crippen LogP contribution in [0.15, 0.2) is 36.4 Å². The van der Waals surface area contributed by atoms with Gasteiger partial charge in [-0.05, 0) is 54.4 Å². The molecule has 37 heavy (non-hydrogen) atoms. The Balaban J connectivity index is 2.23. The minimum absolute atomic E-state index is 0.0570. The van der Waals surface area contributed by atoms with Crippen molar-refractivity contribution in [2.24, 2.45) is 5.92 Å². The summed E-state index contributed by atoms with van der Waals surface area (Å²) in [6, 6.07) is 12.5. The molecule has 1 amide bonds. The van der Waals surface area contributed by atoms with E-state index < -0.39 is 8.32 Å². The van der Waals surface area contributed by atoms with Crippen LogP contribution in [0.3, 0.4) is 0 Å². The van der Waals surface area contributed by atoms with Gasteiger partial charge in [0.15, 0.2) is 8.32 Å². The maximum atomic E-state index is 13.2. The fourth-order valence-electron chi connectivity index (χ4n) is 3.37. The summed E-state index contributed by atoms with van der Waals surface area (Å²) in [6.45, 7) is 13.9. The summed E-state index contributed by atoms with van der Waals surface area (Å²) in [5.74, 6) is -0.335. The third-order valence-corrected chi connectivity index (χ3v) is 12.1. The monoisotopic (exact) mass is 564 g/mol. The van der Waals surface area contributed by atoms with Gasteiger partial charge in [-0.25, -0.2) is 0 Å². The van der Waals surface area contributed by atoms with E-state index in [0.29, 0.717) is 29.6 Å². The molecule has 2 atom stereocenters. The number of aliphatic hydroxyl groups excluding tert-OH is 1. The summed E-state index contributed by atoms with van der Waals surface area (Å²) in [4.78, 5) is 13.2. The molecule has 0 spiro atoms. The fourth-order valence-corrected chi connectivity index (χ4v) is 4.74. The van der Waals surface area contributed by atoms with Crippen LogP contribution in [0, 0.1) is 17.2 Å². The first kappa shape index (κ1) is 31.1. The van der Waals surface area contributed by atoms with Gasteiger partial charge >= 0.3 is 0 Å². The number of hydrogen-bond acceptors (Lipinski definition) is 5. The lowest BCUT2D eigenvalue weighted by Gasteiger charge is -2.36. The van der Waals surface area contributed by atoms with E-state index in [1.165, 1.54) is 0 Å². The Morgan fingerprint density at radius 1 is 1.19 bits per heavy atom. The SMILES string of the molecule is CC(CO)COc1c(C#N)cccc1C(=O)NCC(CCO[Si](C)(C)C(C)(C)C)c1ccc(Cl)c(Cl)c1. The van der Waals surface area contributed by atoms with E-state index in [0.717, 1.165) is 5.56 Å². The molecule has 202 valence electrons. The predicted molar refractivity (Wildman–Crippen MR) is 152 cm³/mol. The molecule has 0 heterocycles. The Morgan fingerprint density at radius 3 is 2.49 bits per heavy atom. The lowest BCUT2D eigenvalue weighted by molar-refractivity contribution is 0.0943. The molecular weight excluding hydrogens is 527 g/mol. The zero-order chi connectivity index (χ0) is 27.8. The van der Waals surface area contributed by atoms with Crippen LogP contribution in [0.4, 0.5) is 0 Å². The molecule has 0 saturated heterocycles. The molecule has 0 aromatic heterocycles. The van der Waals surface area contributed by atoms with E-state index in [1.807, 2.05) is 19.1 Å². The van der Waals surface area contributed by atoms with Crippen molar-refractivity contribution in [1.82, 2.24) is 5.32 Å². The average Bonchev–Trinajstić information content (AvgIpc) is 2.85. The summed E-state index contributed by atoms with van der Waals surface area (Å²) in [6.07, 6.45) is 0.681. The number of halogens is 2. The Hall–Kier alpha value is -2.08. The molecule has 0 fully saturated rings. The van der Waals surface area contributed by atoms with Gasteiger partial charge in [-0.1, -0.05) is 63.0 Å². The standard InChI is InChI=1S/C28H38Cl2N2O4Si/c1-19(17-33)18-35-26-21(15-31)8-7-9-23(26)27(34)32-16-22(20-10-11-24(29)25(30)14-20)12-13-36-37(5,6)28(2,3)4/h7-11,14,19,22,33H,12-13,16-18H2,1-6H3,(H,32,34). The van der Waals surface area contributed by atoms with Crippen LogP contribution < -0.4 is 10.1 Å². The Morgan fingerprint density at radius 2 is 1.89 bits per heavy atom. The molecule has 0 saturated carbocycles. The second kappa shape index (κ2) is 13.6. The Kier molecular flexibility index (Phi) is 11.5. The number of amides is 1. The molecule has 0 aliphatic heterocycles. The lowest BCUT2D eigenvalue weighted by atomic mass is 9.95. The zero-order valence-corrected chi connectivity index (χ0v) is 25.0. The van der Waals surface area contributed by atoms with Gasteiger partial charge in [-0.2, -0.15) is 5.26 Å². The van der Waals surface area contributed by atoms with Gasteiger partial charge in [0, 0.05) is 31.6 Å². The van der Waals surface area contributed by atoms with Crippen LogP contribution in [-0.2, 0) is 4.43 Å². The number of hydrogen-bond donors (Lipinski definition) is 2. The van der Waals surface area contributed by atoms with E-state index in [-0.39, 0.29) is 52.9 Å². The van der Waals surface area contributed by atoms with E-state index in [9.17, 15) is 15.2 Å². The van der Waals surface area contributed by atoms with Crippen LogP contribution >= 0.6 is 23.2 Å². The second-order valence-electron chi connectivity index (χ2n) is 10.9. The number of benzene rings is 2. The number of nitriles is 1. The van der Waals surface area contributed by atoms with Gasteiger partial charge in [0.2, 0.25) is 0 Å². The van der Waals surface area contributed by atoms with Gasteiger partial charge in [0.25, 0.3) is 5.91 Å². The molecule has 2 aromatic carbocycles. The highest BCUT2D eigenvalue weighted by molar-refractivity contribution is 6.74. The zero-order valence-electron chi connectivity index (χ0n) is 22.5. The van der Waals surface area contributed by atoms with Gasteiger partial charge in [0.05, 0.1) is 27.8 Å². The molecule has 9 heteroatoms. The van der Waals surface area contributed by atoms with E-state index >= 15 is 0 Å². The summed E-state index contributed by atoms with van der Waals surface area (Å²) in [5, 5.41) is 22.9. The summed E-state index contributed by atoms with van der Waals surface area (Å²) >= 11 is 12.4. The van der Waals surface area contributed by atoms with E-state index in [1.54, 1.807) is 24.3 Å². The highest BCUT2D eigenvalue weighted by Crippen LogP contribution is 2.37. The van der Waals surface area contributed by atoms with Gasteiger partial charge in [0.1, 0.15) is 11.8 Å². The van der Waals surface area contributed by atoms with Crippen molar-refractivity contribution in [2.45, 2.75) is 58.2 Å². The first-order valence-corrected chi connectivity index (χ1v) is 16.1. The Bertz CT molecular complexity index is 1110. The lowest BCUT2D eigenvalue weighted by Crippen LogP contribution is -2.41. The topological polar surface area (TPSA) is 91.6 Å². The molecule has 0 radical (unpaired) electrons. The molecular formula is C28H38Cl2N2O4Si. The quantitative estimate of drug-likeness (QED) is 0.276. The number of aliphatic hydroxyl groups is 1. The fraction of sp³-hybridized carbons (Fsp3) is 0.500. The first-order valence-electron chi connectivity index (χ1n) is 12.4. The van der Waals surface area contributed by atoms with E-state index in [4.69, 9.17) is 32.4 Å². The summed E-state index contributed by atoms with van der Waals surface area (Å²) in [7, 11) is -1.93. The van der Waals surface area contributed by atoms with Crippen LogP contribution in [0.25, 0.3) is 0 Å². The van der Waals surface area contributed by atoms with Crippen molar-refractivity contribution in [3.8, 4) is 11.8 Å². The minimum atomic E-state index is -1.93. The van der Waals surface area contributed by atoms with Gasteiger partial charge in [-0.3, -0.25) is 4.79 Å². The largest absolute Gasteiger partial charge is 0.491 e. The highest BCUT2D eigenvalue weighted by Gasteiger charge is 2.37. The van der Waals surface area contributed by atoms with Gasteiger partial charge < -0.3 is 19.6 Å². The Labute approximate surface area is 232 Å². The van der Waals surface area contributed by atoms with Crippen molar-refractivity contribution >= 4 is 37.4 Å².